The van der Waals surface area contributed by atoms with Gasteiger partial charge in [-0.3, -0.25) is 0 Å². The highest BCUT2D eigenvalue weighted by Gasteiger charge is 2.53. The molecule has 3 heteroatoms. The second kappa shape index (κ2) is 5.92. The van der Waals surface area contributed by atoms with Gasteiger partial charge in [0.15, 0.2) is 0 Å². The molecule has 0 aliphatic heterocycles. The Morgan fingerprint density at radius 2 is 2.05 bits per heavy atom. The maximum absolute atomic E-state index is 5.58. The molecule has 2 saturated carbocycles. The molecule has 2 aliphatic rings. The molecule has 0 heterocycles. The first-order chi connectivity index (χ1) is 10.0. The van der Waals surface area contributed by atoms with Crippen molar-refractivity contribution in [3.63, 3.8) is 0 Å². The Morgan fingerprint density at radius 3 is 2.67 bits per heavy atom. The normalized spacial score (nSPS) is 30.5. The lowest BCUT2D eigenvalue weighted by Crippen LogP contribution is -2.38. The molecule has 2 nitrogen and oxygen atoms in total. The van der Waals surface area contributed by atoms with E-state index in [0.29, 0.717) is 11.5 Å². The first-order valence-corrected chi connectivity index (χ1v) is 8.86. The van der Waals surface area contributed by atoms with Crippen molar-refractivity contribution < 1.29 is 4.74 Å². The van der Waals surface area contributed by atoms with Crippen LogP contribution in [0.25, 0.3) is 0 Å². The van der Waals surface area contributed by atoms with E-state index in [9.17, 15) is 0 Å². The predicted molar refractivity (Wildman–Crippen MR) is 90.8 cm³/mol. The predicted octanol–water partition coefficient (Wildman–Crippen LogP) is 4.41. The smallest absolute Gasteiger partial charge is 0.122 e. The fourth-order valence-corrected chi connectivity index (χ4v) is 4.48. The third-order valence-corrected chi connectivity index (χ3v) is 5.65. The van der Waals surface area contributed by atoms with Crippen molar-refractivity contribution in [2.45, 2.75) is 45.6 Å². The topological polar surface area (TPSA) is 21.3 Å². The highest BCUT2D eigenvalue weighted by atomic mass is 79.9. The number of rotatable bonds is 6. The number of hydrogen-bond donors (Lipinski definition) is 1. The van der Waals surface area contributed by atoms with Gasteiger partial charge in [0, 0.05) is 17.1 Å². The molecule has 0 radical (unpaired) electrons. The van der Waals surface area contributed by atoms with Crippen molar-refractivity contribution in [3.05, 3.63) is 28.2 Å². The SMILES string of the molecule is COc1ccc(Br)cc1CC1(CNC(C)C)CC2CC2C1. The van der Waals surface area contributed by atoms with E-state index >= 15 is 0 Å². The van der Waals surface area contributed by atoms with Gasteiger partial charge in [0.1, 0.15) is 5.75 Å². The Bertz CT molecular complexity index is 504. The molecule has 0 spiro atoms. The molecule has 116 valence electrons. The zero-order valence-electron chi connectivity index (χ0n) is 13.3. The highest BCUT2D eigenvalue weighted by molar-refractivity contribution is 9.10. The third kappa shape index (κ3) is 3.45. The van der Waals surface area contributed by atoms with E-state index < -0.39 is 0 Å². The maximum Gasteiger partial charge on any atom is 0.122 e. The molecular formula is C18H26BrNO. The standard InChI is InChI=1S/C18H26BrNO/c1-12(2)20-11-18(8-13-6-14(13)9-18)10-15-7-16(19)4-5-17(15)21-3/h4-5,7,12-14,20H,6,8-11H2,1-3H3. The number of fused-ring (bicyclic) bond motifs is 1. The second-order valence-electron chi connectivity index (χ2n) is 7.33. The lowest BCUT2D eigenvalue weighted by Gasteiger charge is -2.33. The summed E-state index contributed by atoms with van der Waals surface area (Å²) in [6.45, 7) is 5.61. The molecule has 3 rings (SSSR count). The summed E-state index contributed by atoms with van der Waals surface area (Å²) >= 11 is 3.60. The summed E-state index contributed by atoms with van der Waals surface area (Å²) in [5.74, 6) is 3.02. The van der Waals surface area contributed by atoms with Gasteiger partial charge in [0.2, 0.25) is 0 Å². The Labute approximate surface area is 136 Å². The Balaban J connectivity index is 1.80. The number of hydrogen-bond acceptors (Lipinski definition) is 2. The van der Waals surface area contributed by atoms with Gasteiger partial charge in [-0.25, -0.2) is 0 Å². The summed E-state index contributed by atoms with van der Waals surface area (Å²) in [6.07, 6.45) is 5.36. The van der Waals surface area contributed by atoms with Crippen molar-refractivity contribution in [1.29, 1.82) is 0 Å². The summed E-state index contributed by atoms with van der Waals surface area (Å²) < 4.78 is 6.72. The summed E-state index contributed by atoms with van der Waals surface area (Å²) in [4.78, 5) is 0. The number of benzene rings is 1. The van der Waals surface area contributed by atoms with E-state index in [1.54, 1.807) is 7.11 Å². The molecule has 2 unspecified atom stereocenters. The van der Waals surface area contributed by atoms with E-state index in [-0.39, 0.29) is 0 Å². The van der Waals surface area contributed by atoms with Crippen LogP contribution in [0.5, 0.6) is 5.75 Å². The quantitative estimate of drug-likeness (QED) is 0.819. The van der Waals surface area contributed by atoms with Crippen LogP contribution in [-0.2, 0) is 6.42 Å². The first kappa shape index (κ1) is 15.4. The van der Waals surface area contributed by atoms with Crippen LogP contribution in [-0.4, -0.2) is 19.7 Å². The van der Waals surface area contributed by atoms with Gasteiger partial charge in [-0.15, -0.1) is 0 Å². The highest BCUT2D eigenvalue weighted by Crippen LogP contribution is 2.61. The second-order valence-corrected chi connectivity index (χ2v) is 8.25. The molecule has 0 saturated heterocycles. The van der Waals surface area contributed by atoms with Crippen LogP contribution in [0.4, 0.5) is 0 Å². The summed E-state index contributed by atoms with van der Waals surface area (Å²) in [6, 6.07) is 6.94. The minimum absolute atomic E-state index is 0.423. The monoisotopic (exact) mass is 351 g/mol. The van der Waals surface area contributed by atoms with E-state index in [1.165, 1.54) is 24.8 Å². The van der Waals surface area contributed by atoms with Crippen molar-refractivity contribution in [2.75, 3.05) is 13.7 Å². The summed E-state index contributed by atoms with van der Waals surface area (Å²) in [5.41, 5.74) is 1.77. The Hall–Kier alpha value is -0.540. The zero-order chi connectivity index (χ0) is 15.0. The van der Waals surface area contributed by atoms with E-state index in [0.717, 1.165) is 35.0 Å². The molecule has 2 fully saturated rings. The van der Waals surface area contributed by atoms with Gasteiger partial charge in [-0.05, 0) is 66.7 Å². The Morgan fingerprint density at radius 1 is 1.33 bits per heavy atom. The molecule has 0 bridgehead atoms. The van der Waals surface area contributed by atoms with Gasteiger partial charge in [0.25, 0.3) is 0 Å². The third-order valence-electron chi connectivity index (χ3n) is 5.15. The molecule has 2 aliphatic carbocycles. The van der Waals surface area contributed by atoms with Crippen molar-refractivity contribution >= 4 is 15.9 Å². The molecule has 1 aromatic rings. The molecule has 0 amide bonds. The number of methoxy groups -OCH3 is 1. The number of nitrogens with one attached hydrogen (secondary N) is 1. The Kier molecular flexibility index (Phi) is 4.33. The van der Waals surface area contributed by atoms with Gasteiger partial charge < -0.3 is 10.1 Å². The van der Waals surface area contributed by atoms with Crippen LogP contribution in [0.2, 0.25) is 0 Å². The molecule has 1 N–H and O–H groups in total. The molecule has 21 heavy (non-hydrogen) atoms. The van der Waals surface area contributed by atoms with Crippen LogP contribution >= 0.6 is 15.9 Å². The van der Waals surface area contributed by atoms with Gasteiger partial charge in [-0.1, -0.05) is 29.8 Å². The molecule has 0 aromatic heterocycles. The van der Waals surface area contributed by atoms with Gasteiger partial charge >= 0.3 is 0 Å². The first-order valence-electron chi connectivity index (χ1n) is 8.07. The fourth-order valence-electron chi connectivity index (χ4n) is 4.07. The lowest BCUT2D eigenvalue weighted by molar-refractivity contribution is 0.238. The van der Waals surface area contributed by atoms with E-state index in [1.807, 2.05) is 0 Å². The van der Waals surface area contributed by atoms with Crippen LogP contribution in [0.15, 0.2) is 22.7 Å². The van der Waals surface area contributed by atoms with Crippen LogP contribution in [0, 0.1) is 17.3 Å². The van der Waals surface area contributed by atoms with Crippen molar-refractivity contribution in [1.82, 2.24) is 5.32 Å². The minimum atomic E-state index is 0.423. The molecular weight excluding hydrogens is 326 g/mol. The van der Waals surface area contributed by atoms with E-state index in [4.69, 9.17) is 4.74 Å². The average molecular weight is 352 g/mol. The van der Waals surface area contributed by atoms with Gasteiger partial charge in [0.05, 0.1) is 7.11 Å². The summed E-state index contributed by atoms with van der Waals surface area (Å²) in [5, 5.41) is 3.69. The number of halogens is 1. The molecule has 2 atom stereocenters. The van der Waals surface area contributed by atoms with E-state index in [2.05, 4.69) is 53.3 Å². The largest absolute Gasteiger partial charge is 0.496 e. The lowest BCUT2D eigenvalue weighted by atomic mass is 9.77. The van der Waals surface area contributed by atoms with Crippen LogP contribution in [0.1, 0.15) is 38.7 Å². The van der Waals surface area contributed by atoms with Crippen LogP contribution < -0.4 is 10.1 Å². The number of ether oxygens (including phenoxy) is 1. The zero-order valence-corrected chi connectivity index (χ0v) is 14.9. The van der Waals surface area contributed by atoms with Gasteiger partial charge in [-0.2, -0.15) is 0 Å². The average Bonchev–Trinajstić information content (AvgIpc) is 3.05. The summed E-state index contributed by atoms with van der Waals surface area (Å²) in [7, 11) is 1.78. The minimum Gasteiger partial charge on any atom is -0.496 e. The van der Waals surface area contributed by atoms with Crippen molar-refractivity contribution in [3.8, 4) is 5.75 Å². The maximum atomic E-state index is 5.58. The van der Waals surface area contributed by atoms with Crippen LogP contribution in [0.3, 0.4) is 0 Å². The molecule has 1 aromatic carbocycles. The van der Waals surface area contributed by atoms with Crippen molar-refractivity contribution in [2.24, 2.45) is 17.3 Å². The fraction of sp³-hybridized carbons (Fsp3) is 0.667.